The lowest BCUT2D eigenvalue weighted by molar-refractivity contribution is -0.275. The van der Waals surface area contributed by atoms with Crippen LogP contribution in [0.4, 0.5) is 22.0 Å². The smallest absolute Gasteiger partial charge is 0.405 e. The van der Waals surface area contributed by atoms with Crippen LogP contribution in [0.3, 0.4) is 0 Å². The number of Topliss-reactive ketones (excluding diaryl/α,β-unsaturated/α-hetero) is 1. The highest BCUT2D eigenvalue weighted by Crippen LogP contribution is 2.33. The molecule has 0 aliphatic rings. The van der Waals surface area contributed by atoms with Crippen molar-refractivity contribution in [3.8, 4) is 5.75 Å². The summed E-state index contributed by atoms with van der Waals surface area (Å²) in [7, 11) is 0. The second-order valence-electron chi connectivity index (χ2n) is 3.16. The summed E-state index contributed by atoms with van der Waals surface area (Å²) in [5.41, 5.74) is -1.21. The van der Waals surface area contributed by atoms with Crippen molar-refractivity contribution in [2.45, 2.75) is 12.8 Å². The van der Waals surface area contributed by atoms with Crippen LogP contribution in [0.5, 0.6) is 5.75 Å². The van der Waals surface area contributed by atoms with Crippen LogP contribution < -0.4 is 4.74 Å². The molecule has 8 heteroatoms. The van der Waals surface area contributed by atoms with Crippen molar-refractivity contribution in [1.29, 1.82) is 0 Å². The van der Waals surface area contributed by atoms with Crippen molar-refractivity contribution in [3.63, 3.8) is 0 Å². The van der Waals surface area contributed by atoms with E-state index in [1.165, 1.54) is 0 Å². The molecule has 0 unspecified atom stereocenters. The van der Waals surface area contributed by atoms with Gasteiger partial charge in [-0.3, -0.25) is 4.79 Å². The quantitative estimate of drug-likeness (QED) is 0.476. The third kappa shape index (κ3) is 3.83. The molecule has 0 fully saturated rings. The predicted octanol–water partition coefficient (Wildman–Crippen LogP) is 3.94. The standard InChI is InChI=1S/C10H6ClF5O2/c11-4-7(17)5-1-2-8(18-10(14,15)16)6(3-5)9(12)13/h1-3,9H,4H2. The fourth-order valence-corrected chi connectivity index (χ4v) is 1.34. The van der Waals surface area contributed by atoms with Gasteiger partial charge in [-0.2, -0.15) is 0 Å². The predicted molar refractivity (Wildman–Crippen MR) is 53.1 cm³/mol. The van der Waals surface area contributed by atoms with Crippen molar-refractivity contribution in [2.24, 2.45) is 0 Å². The fourth-order valence-electron chi connectivity index (χ4n) is 1.19. The molecule has 1 aromatic rings. The van der Waals surface area contributed by atoms with Crippen molar-refractivity contribution in [3.05, 3.63) is 29.3 Å². The molecule has 1 aromatic carbocycles. The fraction of sp³-hybridized carbons (Fsp3) is 0.300. The zero-order chi connectivity index (χ0) is 13.9. The molecule has 1 rings (SSSR count). The average molecular weight is 289 g/mol. The highest BCUT2D eigenvalue weighted by molar-refractivity contribution is 6.30. The first-order valence-corrected chi connectivity index (χ1v) is 5.05. The maximum Gasteiger partial charge on any atom is 0.573 e. The van der Waals surface area contributed by atoms with Gasteiger partial charge in [0, 0.05) is 5.56 Å². The summed E-state index contributed by atoms with van der Waals surface area (Å²) in [4.78, 5) is 11.1. The summed E-state index contributed by atoms with van der Waals surface area (Å²) in [6.07, 6.45) is -8.29. The summed E-state index contributed by atoms with van der Waals surface area (Å²) in [6, 6.07) is 2.24. The first-order valence-electron chi connectivity index (χ1n) is 4.51. The third-order valence-corrected chi connectivity index (χ3v) is 2.16. The Morgan fingerprint density at radius 2 is 1.94 bits per heavy atom. The number of hydrogen-bond acceptors (Lipinski definition) is 2. The SMILES string of the molecule is O=C(CCl)c1ccc(OC(F)(F)F)c(C(F)F)c1. The maximum absolute atomic E-state index is 12.6. The lowest BCUT2D eigenvalue weighted by atomic mass is 10.1. The van der Waals surface area contributed by atoms with Gasteiger partial charge in [-0.15, -0.1) is 24.8 Å². The number of ether oxygens (including phenoxy) is 1. The van der Waals surface area contributed by atoms with Crippen LogP contribution in [0.1, 0.15) is 22.3 Å². The lowest BCUT2D eigenvalue weighted by Gasteiger charge is -2.13. The Hall–Kier alpha value is -1.37. The molecule has 0 aliphatic carbocycles. The van der Waals surface area contributed by atoms with Crippen LogP contribution in [0.2, 0.25) is 0 Å². The Kier molecular flexibility index (Phi) is 4.50. The van der Waals surface area contributed by atoms with E-state index < -0.39 is 35.8 Å². The first-order chi connectivity index (χ1) is 8.24. The number of hydrogen-bond donors (Lipinski definition) is 0. The highest BCUT2D eigenvalue weighted by atomic mass is 35.5. The minimum atomic E-state index is -5.08. The van der Waals surface area contributed by atoms with Crippen molar-refractivity contribution in [1.82, 2.24) is 0 Å². The minimum Gasteiger partial charge on any atom is -0.405 e. The summed E-state index contributed by atoms with van der Waals surface area (Å²) in [5, 5.41) is 0. The molecule has 2 nitrogen and oxygen atoms in total. The van der Waals surface area contributed by atoms with Crippen LogP contribution in [0.25, 0.3) is 0 Å². The molecular formula is C10H6ClF5O2. The molecule has 0 radical (unpaired) electrons. The van der Waals surface area contributed by atoms with E-state index in [1.807, 2.05) is 0 Å². The van der Waals surface area contributed by atoms with Crippen LogP contribution >= 0.6 is 11.6 Å². The van der Waals surface area contributed by atoms with E-state index in [-0.39, 0.29) is 5.56 Å². The molecule has 0 saturated heterocycles. The Morgan fingerprint density at radius 3 is 2.39 bits per heavy atom. The van der Waals surface area contributed by atoms with Crippen molar-refractivity contribution >= 4 is 17.4 Å². The molecule has 0 amide bonds. The van der Waals surface area contributed by atoms with E-state index in [0.717, 1.165) is 6.07 Å². The van der Waals surface area contributed by atoms with Crippen molar-refractivity contribution in [2.75, 3.05) is 5.88 Å². The van der Waals surface area contributed by atoms with Gasteiger partial charge in [0.25, 0.3) is 6.43 Å². The van der Waals surface area contributed by atoms with E-state index in [0.29, 0.717) is 12.1 Å². The Morgan fingerprint density at radius 1 is 1.33 bits per heavy atom. The molecule has 0 aromatic heterocycles. The Bertz CT molecular complexity index is 444. The molecule has 18 heavy (non-hydrogen) atoms. The zero-order valence-corrected chi connectivity index (χ0v) is 9.36. The van der Waals surface area contributed by atoms with E-state index in [1.54, 1.807) is 0 Å². The molecule has 0 heterocycles. The van der Waals surface area contributed by atoms with Gasteiger partial charge in [-0.25, -0.2) is 8.78 Å². The minimum absolute atomic E-state index is 0.199. The van der Waals surface area contributed by atoms with Crippen LogP contribution in [0, 0.1) is 0 Å². The Balaban J connectivity index is 3.17. The molecule has 0 spiro atoms. The monoisotopic (exact) mass is 288 g/mol. The van der Waals surface area contributed by atoms with Crippen LogP contribution in [0.15, 0.2) is 18.2 Å². The average Bonchev–Trinajstić information content (AvgIpc) is 2.26. The van der Waals surface area contributed by atoms with Gasteiger partial charge in [-0.1, -0.05) is 0 Å². The van der Waals surface area contributed by atoms with Crippen LogP contribution in [-0.4, -0.2) is 18.0 Å². The first kappa shape index (κ1) is 14.7. The van der Waals surface area contributed by atoms with E-state index in [2.05, 4.69) is 4.74 Å². The summed E-state index contributed by atoms with van der Waals surface area (Å²) in [6.45, 7) is 0. The molecular weight excluding hydrogens is 283 g/mol. The summed E-state index contributed by atoms with van der Waals surface area (Å²) < 4.78 is 64.4. The number of benzene rings is 1. The molecule has 0 N–H and O–H groups in total. The molecule has 0 atom stereocenters. The van der Waals surface area contributed by atoms with E-state index >= 15 is 0 Å². The highest BCUT2D eigenvalue weighted by Gasteiger charge is 2.33. The lowest BCUT2D eigenvalue weighted by Crippen LogP contribution is -2.18. The maximum atomic E-state index is 12.6. The number of rotatable bonds is 4. The number of alkyl halides is 6. The second-order valence-corrected chi connectivity index (χ2v) is 3.43. The van der Waals surface area contributed by atoms with E-state index in [9.17, 15) is 26.7 Å². The molecule has 0 aliphatic heterocycles. The summed E-state index contributed by atoms with van der Waals surface area (Å²) >= 11 is 5.22. The number of halogens is 6. The third-order valence-electron chi connectivity index (χ3n) is 1.91. The van der Waals surface area contributed by atoms with Gasteiger partial charge in [-0.05, 0) is 18.2 Å². The number of carbonyl (C=O) groups is 1. The molecule has 0 saturated carbocycles. The Labute approximate surface area is 103 Å². The van der Waals surface area contributed by atoms with Crippen LogP contribution in [-0.2, 0) is 0 Å². The summed E-state index contributed by atoms with van der Waals surface area (Å²) in [5.74, 6) is -2.16. The molecule has 0 bridgehead atoms. The topological polar surface area (TPSA) is 26.3 Å². The van der Waals surface area contributed by atoms with Gasteiger partial charge in [0.2, 0.25) is 0 Å². The number of carbonyl (C=O) groups excluding carboxylic acids is 1. The largest absolute Gasteiger partial charge is 0.573 e. The van der Waals surface area contributed by atoms with Gasteiger partial charge < -0.3 is 4.74 Å². The van der Waals surface area contributed by atoms with Gasteiger partial charge >= 0.3 is 6.36 Å². The van der Waals surface area contributed by atoms with E-state index in [4.69, 9.17) is 11.6 Å². The zero-order valence-electron chi connectivity index (χ0n) is 8.60. The molecule has 100 valence electrons. The normalized spacial score (nSPS) is 11.7. The second kappa shape index (κ2) is 5.51. The number of ketones is 1. The van der Waals surface area contributed by atoms with Gasteiger partial charge in [0.05, 0.1) is 11.4 Å². The van der Waals surface area contributed by atoms with Crippen molar-refractivity contribution < 1.29 is 31.5 Å². The van der Waals surface area contributed by atoms with Gasteiger partial charge in [0.15, 0.2) is 5.78 Å². The van der Waals surface area contributed by atoms with Gasteiger partial charge in [0.1, 0.15) is 5.75 Å².